The third-order valence-corrected chi connectivity index (χ3v) is 6.18. The molecule has 28 heavy (non-hydrogen) atoms. The molecule has 2 aromatic rings. The highest BCUT2D eigenvalue weighted by atomic mass is 19.1. The summed E-state index contributed by atoms with van der Waals surface area (Å²) >= 11 is 0. The lowest BCUT2D eigenvalue weighted by Gasteiger charge is -2.25. The summed E-state index contributed by atoms with van der Waals surface area (Å²) in [6, 6.07) is 2.96. The van der Waals surface area contributed by atoms with Gasteiger partial charge in [0.25, 0.3) is 5.56 Å². The molecule has 1 aliphatic heterocycles. The van der Waals surface area contributed by atoms with Gasteiger partial charge in [0.1, 0.15) is 5.82 Å². The number of nitrogens with two attached hydrogens (primary N) is 1. The van der Waals surface area contributed by atoms with Gasteiger partial charge in [-0.2, -0.15) is 0 Å². The van der Waals surface area contributed by atoms with Gasteiger partial charge < -0.3 is 25.7 Å². The van der Waals surface area contributed by atoms with E-state index in [0.29, 0.717) is 34.6 Å². The Morgan fingerprint density at radius 3 is 2.68 bits per heavy atom. The van der Waals surface area contributed by atoms with Crippen LogP contribution < -0.4 is 16.2 Å². The van der Waals surface area contributed by atoms with E-state index in [9.17, 15) is 9.90 Å². The molecule has 2 fully saturated rings. The molecule has 2 heterocycles. The fourth-order valence-electron chi connectivity index (χ4n) is 4.49. The van der Waals surface area contributed by atoms with Crippen LogP contribution in [0.25, 0.3) is 10.9 Å². The first kappa shape index (κ1) is 19.1. The number of aryl methyl sites for hydroxylation is 1. The second kappa shape index (κ2) is 6.97. The van der Waals surface area contributed by atoms with Gasteiger partial charge in [-0.25, -0.2) is 4.39 Å². The van der Waals surface area contributed by atoms with Crippen LogP contribution in [0.4, 0.5) is 10.1 Å². The minimum atomic E-state index is -0.493. The van der Waals surface area contributed by atoms with Gasteiger partial charge in [0.05, 0.1) is 23.5 Å². The number of halogens is 1. The van der Waals surface area contributed by atoms with Crippen molar-refractivity contribution in [1.29, 1.82) is 5.41 Å². The standard InChI is InChI=1S/C21H27FN4O2/c1-11-20-16(7-17(22)21(11)25-6-5-13(9-25)12(2)23)15(18(24)10-27)8-19(28)26(20)14-3-4-14/h7-8,12-14,24,27H,3-6,9-10,23H2,1-2H3/t12-,13+/m0/s1. The van der Waals surface area contributed by atoms with Crippen molar-refractivity contribution in [1.82, 2.24) is 4.57 Å². The van der Waals surface area contributed by atoms with Gasteiger partial charge in [-0.05, 0) is 50.7 Å². The molecule has 1 saturated heterocycles. The Labute approximate surface area is 163 Å². The van der Waals surface area contributed by atoms with Crippen LogP contribution in [0, 0.1) is 24.1 Å². The summed E-state index contributed by atoms with van der Waals surface area (Å²) in [6.07, 6.45) is 2.77. The van der Waals surface area contributed by atoms with Crippen LogP contribution in [0.5, 0.6) is 0 Å². The minimum absolute atomic E-state index is 0.0510. The van der Waals surface area contributed by atoms with Crippen LogP contribution in [0.15, 0.2) is 16.9 Å². The van der Waals surface area contributed by atoms with Crippen LogP contribution >= 0.6 is 0 Å². The summed E-state index contributed by atoms with van der Waals surface area (Å²) in [5.41, 5.74) is 8.02. The molecule has 7 heteroatoms. The van der Waals surface area contributed by atoms with E-state index in [4.69, 9.17) is 11.1 Å². The molecule has 4 N–H and O–H groups in total. The van der Waals surface area contributed by atoms with Crippen molar-refractivity contribution < 1.29 is 9.50 Å². The van der Waals surface area contributed by atoms with Crippen molar-refractivity contribution in [3.05, 3.63) is 39.4 Å². The fourth-order valence-corrected chi connectivity index (χ4v) is 4.49. The summed E-state index contributed by atoms with van der Waals surface area (Å²) in [7, 11) is 0. The summed E-state index contributed by atoms with van der Waals surface area (Å²) in [5.74, 6) is -0.0441. The number of nitrogens with zero attached hydrogens (tertiary/aromatic N) is 2. The normalized spacial score (nSPS) is 20.8. The maximum absolute atomic E-state index is 15.3. The second-order valence-electron chi connectivity index (χ2n) is 8.22. The molecule has 4 rings (SSSR count). The molecule has 1 saturated carbocycles. The number of rotatable bonds is 5. The molecule has 2 aliphatic rings. The van der Waals surface area contributed by atoms with E-state index >= 15 is 4.39 Å². The number of anilines is 1. The Morgan fingerprint density at radius 1 is 1.39 bits per heavy atom. The van der Waals surface area contributed by atoms with Gasteiger partial charge in [0.15, 0.2) is 0 Å². The van der Waals surface area contributed by atoms with Gasteiger partial charge in [-0.15, -0.1) is 0 Å². The second-order valence-corrected chi connectivity index (χ2v) is 8.22. The molecular weight excluding hydrogens is 359 g/mol. The van der Waals surface area contributed by atoms with Crippen LogP contribution in [-0.2, 0) is 0 Å². The van der Waals surface area contributed by atoms with Crippen molar-refractivity contribution in [2.75, 3.05) is 24.6 Å². The number of nitrogens with one attached hydrogen (secondary N) is 1. The molecule has 0 bridgehead atoms. The van der Waals surface area contributed by atoms with E-state index in [1.165, 1.54) is 12.1 Å². The van der Waals surface area contributed by atoms with Crippen molar-refractivity contribution in [3.8, 4) is 0 Å². The largest absolute Gasteiger partial charge is 0.390 e. The Balaban J connectivity index is 1.96. The van der Waals surface area contributed by atoms with Crippen molar-refractivity contribution >= 4 is 22.3 Å². The molecule has 0 spiro atoms. The van der Waals surface area contributed by atoms with Crippen LogP contribution in [-0.4, -0.2) is 41.1 Å². The zero-order chi connectivity index (χ0) is 20.2. The zero-order valence-corrected chi connectivity index (χ0v) is 16.3. The Morgan fingerprint density at radius 2 is 2.11 bits per heavy atom. The highest BCUT2D eigenvalue weighted by Gasteiger charge is 2.32. The van der Waals surface area contributed by atoms with Crippen molar-refractivity contribution in [2.24, 2.45) is 11.7 Å². The average molecular weight is 386 g/mol. The number of benzene rings is 1. The topological polar surface area (TPSA) is 95.3 Å². The third kappa shape index (κ3) is 3.02. The van der Waals surface area contributed by atoms with Crippen molar-refractivity contribution in [3.63, 3.8) is 0 Å². The molecule has 150 valence electrons. The smallest absolute Gasteiger partial charge is 0.251 e. The number of hydrogen-bond donors (Lipinski definition) is 3. The Kier molecular flexibility index (Phi) is 4.75. The lowest BCUT2D eigenvalue weighted by Crippen LogP contribution is -2.30. The lowest BCUT2D eigenvalue weighted by atomic mass is 9.99. The first-order chi connectivity index (χ1) is 13.3. The summed E-state index contributed by atoms with van der Waals surface area (Å²) in [5, 5.41) is 18.0. The predicted octanol–water partition coefficient (Wildman–Crippen LogP) is 2.32. The highest BCUT2D eigenvalue weighted by molar-refractivity contribution is 6.10. The average Bonchev–Trinajstić information content (AvgIpc) is 3.37. The first-order valence-corrected chi connectivity index (χ1v) is 9.91. The number of fused-ring (bicyclic) bond motifs is 1. The Hall–Kier alpha value is -2.25. The third-order valence-electron chi connectivity index (χ3n) is 6.18. The monoisotopic (exact) mass is 386 g/mol. The summed E-state index contributed by atoms with van der Waals surface area (Å²) in [4.78, 5) is 14.9. The minimum Gasteiger partial charge on any atom is -0.390 e. The van der Waals surface area contributed by atoms with E-state index in [2.05, 4.69) is 0 Å². The van der Waals surface area contributed by atoms with Gasteiger partial charge in [-0.1, -0.05) is 0 Å². The van der Waals surface area contributed by atoms with E-state index < -0.39 is 6.61 Å². The van der Waals surface area contributed by atoms with Crippen LogP contribution in [0.2, 0.25) is 0 Å². The molecule has 1 aliphatic carbocycles. The number of pyridine rings is 1. The molecule has 1 aromatic heterocycles. The van der Waals surface area contributed by atoms with Gasteiger partial charge >= 0.3 is 0 Å². The quantitative estimate of drug-likeness (QED) is 0.687. The molecule has 0 amide bonds. The van der Waals surface area contributed by atoms with Crippen LogP contribution in [0.1, 0.15) is 43.4 Å². The maximum Gasteiger partial charge on any atom is 0.251 e. The highest BCUT2D eigenvalue weighted by Crippen LogP contribution is 2.41. The first-order valence-electron chi connectivity index (χ1n) is 9.91. The molecule has 1 aromatic carbocycles. The number of aliphatic hydroxyl groups excluding tert-OH is 1. The molecule has 6 nitrogen and oxygen atoms in total. The van der Waals surface area contributed by atoms with Gasteiger partial charge in [0, 0.05) is 42.2 Å². The SMILES string of the molecule is Cc1c(N2CC[C@@H]([C@H](C)N)C2)c(F)cc2c(C(=N)CO)cc(=O)n(C3CC3)c12. The van der Waals surface area contributed by atoms with Crippen molar-refractivity contribution in [2.45, 2.75) is 45.2 Å². The zero-order valence-electron chi connectivity index (χ0n) is 16.3. The summed E-state index contributed by atoms with van der Waals surface area (Å²) in [6.45, 7) is 4.77. The maximum atomic E-state index is 15.3. The van der Waals surface area contributed by atoms with Crippen LogP contribution in [0.3, 0.4) is 0 Å². The predicted molar refractivity (Wildman–Crippen MR) is 109 cm³/mol. The van der Waals surface area contributed by atoms with Gasteiger partial charge in [0.2, 0.25) is 0 Å². The number of hydrogen-bond acceptors (Lipinski definition) is 5. The fraction of sp³-hybridized carbons (Fsp3) is 0.524. The van der Waals surface area contributed by atoms with E-state index in [1.54, 1.807) is 4.57 Å². The lowest BCUT2D eigenvalue weighted by molar-refractivity contribution is 0.357. The van der Waals surface area contributed by atoms with Gasteiger partial charge in [-0.3, -0.25) is 4.79 Å². The van der Waals surface area contributed by atoms with E-state index in [1.807, 2.05) is 18.7 Å². The summed E-state index contributed by atoms with van der Waals surface area (Å²) < 4.78 is 17.0. The number of aliphatic hydroxyl groups is 1. The Bertz CT molecular complexity index is 1010. The molecule has 0 radical (unpaired) electrons. The molecule has 0 unspecified atom stereocenters. The van der Waals surface area contributed by atoms with E-state index in [-0.39, 0.29) is 29.2 Å². The van der Waals surface area contributed by atoms with E-state index in [0.717, 1.165) is 31.4 Å². The number of aromatic nitrogens is 1. The molecular formula is C21H27FN4O2. The molecule has 2 atom stereocenters.